The third-order valence-electron chi connectivity index (χ3n) is 2.35. The Hall–Kier alpha value is -0.890. The Kier molecular flexibility index (Phi) is 5.80. The lowest BCUT2D eigenvalue weighted by Crippen LogP contribution is -2.40. The van der Waals surface area contributed by atoms with Gasteiger partial charge in [0, 0.05) is 0 Å². The van der Waals surface area contributed by atoms with Crippen LogP contribution in [0.4, 0.5) is 0 Å². The molecule has 0 fully saturated rings. The van der Waals surface area contributed by atoms with E-state index >= 15 is 0 Å². The molecule has 0 spiro atoms. The van der Waals surface area contributed by atoms with E-state index in [4.69, 9.17) is 5.11 Å². The average Bonchev–Trinajstić information content (AvgIpc) is 2.63. The monoisotopic (exact) mass is 381 g/mol. The number of H-pyrrole nitrogens is 1. The quantitative estimate of drug-likeness (QED) is 0.703. The first kappa shape index (κ1) is 15.2. The van der Waals surface area contributed by atoms with Gasteiger partial charge in [0.1, 0.15) is 20.8 Å². The van der Waals surface area contributed by atoms with E-state index in [1.807, 2.05) is 6.92 Å². The SMILES string of the molecule is CCCC[C@@H](NC(=O)c1c(Br)n[nH]c1Br)C(=O)O. The van der Waals surface area contributed by atoms with Crippen LogP contribution >= 0.6 is 31.9 Å². The van der Waals surface area contributed by atoms with Crippen molar-refractivity contribution < 1.29 is 14.7 Å². The van der Waals surface area contributed by atoms with Gasteiger partial charge in [-0.1, -0.05) is 19.8 Å². The predicted octanol–water partition coefficient (Wildman–Crippen LogP) is 2.31. The van der Waals surface area contributed by atoms with Crippen LogP contribution in [-0.4, -0.2) is 33.2 Å². The van der Waals surface area contributed by atoms with Crippen molar-refractivity contribution in [2.75, 3.05) is 0 Å². The molecule has 1 heterocycles. The summed E-state index contributed by atoms with van der Waals surface area (Å²) >= 11 is 6.26. The number of carbonyl (C=O) groups excluding carboxylic acids is 1. The molecule has 1 rings (SSSR count). The molecule has 0 saturated heterocycles. The molecule has 3 N–H and O–H groups in total. The second-order valence-electron chi connectivity index (χ2n) is 3.71. The van der Waals surface area contributed by atoms with Crippen LogP contribution in [0, 0.1) is 0 Å². The van der Waals surface area contributed by atoms with Gasteiger partial charge in [-0.15, -0.1) is 0 Å². The number of hydrogen-bond donors (Lipinski definition) is 3. The number of aliphatic carboxylic acids is 1. The maximum Gasteiger partial charge on any atom is 0.326 e. The third kappa shape index (κ3) is 3.81. The first-order valence-corrected chi connectivity index (χ1v) is 6.99. The van der Waals surface area contributed by atoms with Crippen molar-refractivity contribution in [2.24, 2.45) is 0 Å². The summed E-state index contributed by atoms with van der Waals surface area (Å²) in [6.07, 6.45) is 2.02. The Labute approximate surface area is 121 Å². The van der Waals surface area contributed by atoms with Crippen molar-refractivity contribution in [1.29, 1.82) is 0 Å². The highest BCUT2D eigenvalue weighted by molar-refractivity contribution is 9.11. The largest absolute Gasteiger partial charge is 0.480 e. The number of amides is 1. The number of unbranched alkanes of at least 4 members (excludes halogenated alkanes) is 1. The van der Waals surface area contributed by atoms with Gasteiger partial charge in [-0.05, 0) is 38.3 Å². The number of rotatable bonds is 6. The number of hydrogen-bond acceptors (Lipinski definition) is 3. The standard InChI is InChI=1S/C10H13Br2N3O3/c1-2-3-4-5(10(17)18)13-9(16)6-7(11)14-15-8(6)12/h5H,2-4H2,1H3,(H,13,16)(H,14,15)(H,17,18)/t5-/m1/s1. The number of halogens is 2. The first-order valence-electron chi connectivity index (χ1n) is 5.40. The molecule has 1 amide bonds. The van der Waals surface area contributed by atoms with Crippen LogP contribution < -0.4 is 5.32 Å². The Morgan fingerprint density at radius 2 is 2.17 bits per heavy atom. The van der Waals surface area contributed by atoms with Crippen LogP contribution in [0.5, 0.6) is 0 Å². The number of carbonyl (C=O) groups is 2. The van der Waals surface area contributed by atoms with E-state index in [-0.39, 0.29) is 5.56 Å². The first-order chi connectivity index (χ1) is 8.47. The van der Waals surface area contributed by atoms with Crippen LogP contribution in [0.1, 0.15) is 36.5 Å². The molecule has 0 radical (unpaired) electrons. The Bertz CT molecular complexity index is 428. The minimum Gasteiger partial charge on any atom is -0.480 e. The van der Waals surface area contributed by atoms with Gasteiger partial charge in [0.25, 0.3) is 5.91 Å². The topological polar surface area (TPSA) is 95.1 Å². The fourth-order valence-corrected chi connectivity index (χ4v) is 2.58. The third-order valence-corrected chi connectivity index (χ3v) is 3.50. The summed E-state index contributed by atoms with van der Waals surface area (Å²) in [6.45, 7) is 1.96. The van der Waals surface area contributed by atoms with Gasteiger partial charge in [0.05, 0.1) is 0 Å². The van der Waals surface area contributed by atoms with Crippen LogP contribution in [0.3, 0.4) is 0 Å². The van der Waals surface area contributed by atoms with Gasteiger partial charge in [0.2, 0.25) is 0 Å². The molecule has 18 heavy (non-hydrogen) atoms. The predicted molar refractivity (Wildman–Crippen MR) is 72.4 cm³/mol. The minimum atomic E-state index is -1.03. The highest BCUT2D eigenvalue weighted by Gasteiger charge is 2.24. The zero-order valence-corrected chi connectivity index (χ0v) is 12.8. The second kappa shape index (κ2) is 6.89. The van der Waals surface area contributed by atoms with Crippen LogP contribution in [0.15, 0.2) is 9.21 Å². The van der Waals surface area contributed by atoms with E-state index in [9.17, 15) is 9.59 Å². The van der Waals surface area contributed by atoms with Crippen LogP contribution in [-0.2, 0) is 4.79 Å². The van der Waals surface area contributed by atoms with Crippen molar-refractivity contribution in [3.05, 3.63) is 14.8 Å². The van der Waals surface area contributed by atoms with Gasteiger partial charge in [-0.2, -0.15) is 5.10 Å². The number of carboxylic acid groups (broad SMARTS) is 1. The molecular formula is C10H13Br2N3O3. The van der Waals surface area contributed by atoms with Gasteiger partial charge in [-0.3, -0.25) is 9.89 Å². The molecule has 0 aliphatic carbocycles. The van der Waals surface area contributed by atoms with Crippen molar-refractivity contribution in [3.8, 4) is 0 Å². The van der Waals surface area contributed by atoms with Crippen molar-refractivity contribution in [3.63, 3.8) is 0 Å². The van der Waals surface area contributed by atoms with Crippen molar-refractivity contribution in [1.82, 2.24) is 15.5 Å². The highest BCUT2D eigenvalue weighted by Crippen LogP contribution is 2.22. The molecular weight excluding hydrogens is 370 g/mol. The molecule has 0 aliphatic rings. The normalized spacial score (nSPS) is 12.2. The number of nitrogens with zero attached hydrogens (tertiary/aromatic N) is 1. The zero-order chi connectivity index (χ0) is 13.7. The molecule has 1 atom stereocenters. The molecule has 0 aliphatic heterocycles. The number of nitrogens with one attached hydrogen (secondary N) is 2. The summed E-state index contributed by atoms with van der Waals surface area (Å²) in [5, 5.41) is 17.9. The van der Waals surface area contributed by atoms with E-state index in [1.165, 1.54) is 0 Å². The van der Waals surface area contributed by atoms with Gasteiger partial charge >= 0.3 is 5.97 Å². The van der Waals surface area contributed by atoms with Gasteiger partial charge < -0.3 is 10.4 Å². The lowest BCUT2D eigenvalue weighted by atomic mass is 10.1. The zero-order valence-electron chi connectivity index (χ0n) is 9.67. The van der Waals surface area contributed by atoms with Crippen LogP contribution in [0.2, 0.25) is 0 Å². The van der Waals surface area contributed by atoms with Gasteiger partial charge in [0.15, 0.2) is 0 Å². The van der Waals surface area contributed by atoms with Crippen molar-refractivity contribution in [2.45, 2.75) is 32.2 Å². The maximum atomic E-state index is 11.9. The van der Waals surface area contributed by atoms with Crippen molar-refractivity contribution >= 4 is 43.7 Å². The van der Waals surface area contributed by atoms with E-state index in [0.717, 1.165) is 12.8 Å². The smallest absolute Gasteiger partial charge is 0.326 e. The summed E-state index contributed by atoms with van der Waals surface area (Å²) in [6, 6.07) is -0.883. The Balaban J connectivity index is 2.75. The molecule has 1 aromatic heterocycles. The number of carboxylic acids is 1. The minimum absolute atomic E-state index is 0.262. The molecule has 0 unspecified atom stereocenters. The average molecular weight is 383 g/mol. The van der Waals surface area contributed by atoms with Gasteiger partial charge in [-0.25, -0.2) is 4.79 Å². The van der Waals surface area contributed by atoms with E-state index < -0.39 is 17.9 Å². The summed E-state index contributed by atoms with van der Waals surface area (Å²) in [4.78, 5) is 22.9. The lowest BCUT2D eigenvalue weighted by molar-refractivity contribution is -0.139. The van der Waals surface area contributed by atoms with E-state index in [1.54, 1.807) is 0 Å². The van der Waals surface area contributed by atoms with E-state index in [2.05, 4.69) is 47.4 Å². The maximum absolute atomic E-state index is 11.9. The molecule has 8 heteroatoms. The Morgan fingerprint density at radius 1 is 1.50 bits per heavy atom. The molecule has 100 valence electrons. The highest BCUT2D eigenvalue weighted by atomic mass is 79.9. The summed E-state index contributed by atoms with van der Waals surface area (Å²) in [5.74, 6) is -1.52. The number of aromatic amines is 1. The summed E-state index contributed by atoms with van der Waals surface area (Å²) in [7, 11) is 0. The molecule has 0 saturated carbocycles. The molecule has 0 aromatic carbocycles. The molecule has 0 bridgehead atoms. The fraction of sp³-hybridized carbons (Fsp3) is 0.500. The summed E-state index contributed by atoms with van der Waals surface area (Å²) < 4.78 is 0.748. The number of aromatic nitrogens is 2. The molecule has 6 nitrogen and oxygen atoms in total. The Morgan fingerprint density at radius 3 is 2.61 bits per heavy atom. The summed E-state index contributed by atoms with van der Waals surface area (Å²) in [5.41, 5.74) is 0.262. The van der Waals surface area contributed by atoms with E-state index in [0.29, 0.717) is 15.6 Å². The fourth-order valence-electron chi connectivity index (χ4n) is 1.39. The molecule has 1 aromatic rings. The lowest BCUT2D eigenvalue weighted by Gasteiger charge is -2.13. The second-order valence-corrected chi connectivity index (χ2v) is 5.25. The van der Waals surface area contributed by atoms with Crippen LogP contribution in [0.25, 0.3) is 0 Å².